The number of unbranched alkanes of at least 4 members (excludes halogenated alkanes) is 2. The van der Waals surface area contributed by atoms with Crippen molar-refractivity contribution in [3.05, 3.63) is 35.1 Å². The Morgan fingerprint density at radius 3 is 1.79 bits per heavy atom. The number of benzene rings is 1. The molecule has 0 atom stereocenters. The molecule has 0 amide bonds. The summed E-state index contributed by atoms with van der Waals surface area (Å²) in [6.07, 6.45) is 20.8. The molecule has 0 saturated heterocycles. The van der Waals surface area contributed by atoms with Crippen LogP contribution in [-0.2, 0) is 5.41 Å². The maximum atomic E-state index is 13.9. The predicted octanol–water partition coefficient (Wildman–Crippen LogP) is 9.01. The summed E-state index contributed by atoms with van der Waals surface area (Å²) < 4.78 is 41.4. The van der Waals surface area contributed by atoms with Gasteiger partial charge in [0.25, 0.3) is 0 Å². The lowest BCUT2D eigenvalue weighted by Gasteiger charge is -2.40. The Morgan fingerprint density at radius 2 is 1.21 bits per heavy atom. The molecule has 0 nitrogen and oxygen atoms in total. The summed E-state index contributed by atoms with van der Waals surface area (Å²) in [6, 6.07) is 2.54. The zero-order valence-corrected chi connectivity index (χ0v) is 18.3. The largest absolute Gasteiger partial charge is 0.204 e. The van der Waals surface area contributed by atoms with Crippen molar-refractivity contribution in [2.45, 2.75) is 121 Å². The number of hydrogen-bond donors (Lipinski definition) is 0. The molecule has 2 fully saturated rings. The third-order valence-corrected chi connectivity index (χ3v) is 7.99. The molecule has 0 bridgehead atoms. The van der Waals surface area contributed by atoms with Gasteiger partial charge in [0.2, 0.25) is 0 Å². The first-order chi connectivity index (χ1) is 14.0. The average molecular weight is 409 g/mol. The van der Waals surface area contributed by atoms with Crippen molar-refractivity contribution < 1.29 is 13.2 Å². The van der Waals surface area contributed by atoms with Crippen LogP contribution in [0.4, 0.5) is 13.2 Å². The van der Waals surface area contributed by atoms with Crippen LogP contribution in [0.15, 0.2) is 12.1 Å². The van der Waals surface area contributed by atoms with E-state index in [2.05, 4.69) is 6.92 Å². The van der Waals surface area contributed by atoms with E-state index in [9.17, 15) is 13.2 Å². The molecule has 1 aromatic carbocycles. The monoisotopic (exact) mass is 408 g/mol. The van der Waals surface area contributed by atoms with Crippen molar-refractivity contribution in [3.63, 3.8) is 0 Å². The fourth-order valence-electron chi connectivity index (χ4n) is 6.22. The summed E-state index contributed by atoms with van der Waals surface area (Å²) in [4.78, 5) is 0. The van der Waals surface area contributed by atoms with Gasteiger partial charge >= 0.3 is 0 Å². The molecule has 164 valence electrons. The average Bonchev–Trinajstić information content (AvgIpc) is 2.75. The zero-order valence-electron chi connectivity index (χ0n) is 18.3. The highest BCUT2D eigenvalue weighted by Gasteiger charge is 2.36. The molecule has 0 aromatic heterocycles. The molecule has 3 rings (SSSR count). The Kier molecular flexibility index (Phi) is 8.10. The van der Waals surface area contributed by atoms with Gasteiger partial charge in [0.1, 0.15) is 0 Å². The van der Waals surface area contributed by atoms with Crippen LogP contribution in [0.2, 0.25) is 0 Å². The first kappa shape index (κ1) is 22.7. The van der Waals surface area contributed by atoms with Crippen molar-refractivity contribution >= 4 is 0 Å². The van der Waals surface area contributed by atoms with E-state index in [1.807, 2.05) is 0 Å². The summed E-state index contributed by atoms with van der Waals surface area (Å²) in [5.74, 6) is -3.41. The van der Waals surface area contributed by atoms with Crippen LogP contribution in [0, 0.1) is 22.9 Å². The second kappa shape index (κ2) is 10.4. The second-order valence-corrected chi connectivity index (χ2v) is 9.97. The van der Waals surface area contributed by atoms with Crippen LogP contribution in [-0.4, -0.2) is 0 Å². The van der Waals surface area contributed by atoms with E-state index in [-0.39, 0.29) is 5.41 Å². The summed E-state index contributed by atoms with van der Waals surface area (Å²) in [5, 5.41) is 0. The van der Waals surface area contributed by atoms with E-state index in [0.29, 0.717) is 11.0 Å². The maximum absolute atomic E-state index is 13.9. The lowest BCUT2D eigenvalue weighted by molar-refractivity contribution is 0.145. The topological polar surface area (TPSA) is 0 Å². The SMILES string of the molecule is CCCCC1(CCCCC2(c3cc(F)c(F)c(F)c3)CCCCC2)CCCCC1. The van der Waals surface area contributed by atoms with Gasteiger partial charge in [-0.1, -0.05) is 71.1 Å². The molecule has 0 radical (unpaired) electrons. The first-order valence-electron chi connectivity index (χ1n) is 12.2. The van der Waals surface area contributed by atoms with Crippen LogP contribution >= 0.6 is 0 Å². The van der Waals surface area contributed by atoms with E-state index in [4.69, 9.17) is 0 Å². The molecule has 29 heavy (non-hydrogen) atoms. The summed E-state index contributed by atoms with van der Waals surface area (Å²) in [5.41, 5.74) is 1.06. The Hall–Kier alpha value is -0.990. The van der Waals surface area contributed by atoms with Gasteiger partial charge in [0.15, 0.2) is 17.5 Å². The summed E-state index contributed by atoms with van der Waals surface area (Å²) >= 11 is 0. The van der Waals surface area contributed by atoms with Gasteiger partial charge in [0, 0.05) is 0 Å². The van der Waals surface area contributed by atoms with E-state index in [1.165, 1.54) is 82.8 Å². The molecular weight excluding hydrogens is 369 g/mol. The van der Waals surface area contributed by atoms with Crippen LogP contribution in [0.1, 0.15) is 122 Å². The molecule has 0 aliphatic heterocycles. The minimum Gasteiger partial charge on any atom is -0.204 e. The fraction of sp³-hybridized carbons (Fsp3) is 0.769. The molecule has 0 N–H and O–H groups in total. The third kappa shape index (κ3) is 5.58. The van der Waals surface area contributed by atoms with Crippen molar-refractivity contribution in [3.8, 4) is 0 Å². The summed E-state index contributed by atoms with van der Waals surface area (Å²) in [6.45, 7) is 2.28. The molecular formula is C26H39F3. The summed E-state index contributed by atoms with van der Waals surface area (Å²) in [7, 11) is 0. The van der Waals surface area contributed by atoms with Gasteiger partial charge in [-0.05, 0) is 73.5 Å². The predicted molar refractivity (Wildman–Crippen MR) is 115 cm³/mol. The highest BCUT2D eigenvalue weighted by Crippen LogP contribution is 2.47. The zero-order chi connectivity index (χ0) is 20.7. The first-order valence-corrected chi connectivity index (χ1v) is 12.2. The van der Waals surface area contributed by atoms with Crippen LogP contribution in [0.3, 0.4) is 0 Å². The standard InChI is InChI=1S/C26H39F3/c1-2-3-12-25(13-6-4-7-14-25)15-10-11-18-26(16-8-5-9-17-26)21-19-22(27)24(29)23(28)20-21/h19-20H,2-18H2,1H3. The lowest BCUT2D eigenvalue weighted by Crippen LogP contribution is -2.30. The molecule has 3 heteroatoms. The second-order valence-electron chi connectivity index (χ2n) is 9.97. The van der Waals surface area contributed by atoms with Gasteiger partial charge in [-0.15, -0.1) is 0 Å². The smallest absolute Gasteiger partial charge is 0.194 e. The minimum absolute atomic E-state index is 0.170. The molecule has 0 heterocycles. The van der Waals surface area contributed by atoms with E-state index in [1.54, 1.807) is 0 Å². The van der Waals surface area contributed by atoms with Gasteiger partial charge in [-0.25, -0.2) is 13.2 Å². The highest BCUT2D eigenvalue weighted by molar-refractivity contribution is 5.28. The van der Waals surface area contributed by atoms with Crippen LogP contribution < -0.4 is 0 Å². The fourth-order valence-corrected chi connectivity index (χ4v) is 6.22. The Balaban J connectivity index is 1.65. The number of hydrogen-bond acceptors (Lipinski definition) is 0. The molecule has 2 saturated carbocycles. The van der Waals surface area contributed by atoms with Gasteiger partial charge < -0.3 is 0 Å². The van der Waals surface area contributed by atoms with Crippen LogP contribution in [0.25, 0.3) is 0 Å². The molecule has 2 aliphatic rings. The van der Waals surface area contributed by atoms with Crippen molar-refractivity contribution in [1.29, 1.82) is 0 Å². The van der Waals surface area contributed by atoms with Crippen LogP contribution in [0.5, 0.6) is 0 Å². The normalized spacial score (nSPS) is 21.2. The Bertz CT molecular complexity index is 616. The van der Waals surface area contributed by atoms with E-state index >= 15 is 0 Å². The molecule has 0 unspecified atom stereocenters. The van der Waals surface area contributed by atoms with Gasteiger partial charge in [-0.3, -0.25) is 0 Å². The quantitative estimate of drug-likeness (QED) is 0.282. The number of halogens is 3. The van der Waals surface area contributed by atoms with Gasteiger partial charge in [0.05, 0.1) is 0 Å². The lowest BCUT2D eigenvalue weighted by atomic mass is 9.65. The number of rotatable bonds is 9. The minimum atomic E-state index is -1.34. The van der Waals surface area contributed by atoms with E-state index in [0.717, 1.165) is 38.5 Å². The molecule has 1 aromatic rings. The van der Waals surface area contributed by atoms with E-state index < -0.39 is 17.5 Å². The van der Waals surface area contributed by atoms with Crippen molar-refractivity contribution in [1.82, 2.24) is 0 Å². The third-order valence-electron chi connectivity index (χ3n) is 7.99. The Labute approximate surface area is 175 Å². The highest BCUT2D eigenvalue weighted by atomic mass is 19.2. The maximum Gasteiger partial charge on any atom is 0.194 e. The van der Waals surface area contributed by atoms with Crippen molar-refractivity contribution in [2.75, 3.05) is 0 Å². The molecule has 0 spiro atoms. The Morgan fingerprint density at radius 1 is 0.690 bits per heavy atom. The van der Waals surface area contributed by atoms with Crippen molar-refractivity contribution in [2.24, 2.45) is 5.41 Å². The molecule has 2 aliphatic carbocycles. The van der Waals surface area contributed by atoms with Gasteiger partial charge in [-0.2, -0.15) is 0 Å².